The van der Waals surface area contributed by atoms with E-state index in [1.54, 1.807) is 0 Å². The largest absolute Gasteiger partial charge is 0.326 e. The Bertz CT molecular complexity index is 493. The second kappa shape index (κ2) is 9.07. The van der Waals surface area contributed by atoms with Crippen LogP contribution < -0.4 is 5.32 Å². The minimum atomic E-state index is 0.149. The molecular weight excluding hydrogens is 284 g/mol. The van der Waals surface area contributed by atoms with Crippen molar-refractivity contribution < 1.29 is 4.79 Å². The van der Waals surface area contributed by atoms with Crippen molar-refractivity contribution in [3.05, 3.63) is 28.8 Å². The molecule has 0 atom stereocenters. The van der Waals surface area contributed by atoms with Gasteiger partial charge in [0.1, 0.15) is 0 Å². The summed E-state index contributed by atoms with van der Waals surface area (Å²) in [6, 6.07) is 4.25. The summed E-state index contributed by atoms with van der Waals surface area (Å²) in [5.74, 6) is 0.149. The van der Waals surface area contributed by atoms with Gasteiger partial charge in [-0.3, -0.25) is 4.79 Å². The molecule has 3 nitrogen and oxygen atoms in total. The average Bonchev–Trinajstić information content (AvgIpc) is 2.76. The first-order valence-corrected chi connectivity index (χ1v) is 9.16. The van der Waals surface area contributed by atoms with Crippen LogP contribution in [0, 0.1) is 20.8 Å². The molecule has 1 aromatic carbocycles. The van der Waals surface area contributed by atoms with Crippen LogP contribution >= 0.6 is 0 Å². The minimum Gasteiger partial charge on any atom is -0.326 e. The third kappa shape index (κ3) is 5.98. The van der Waals surface area contributed by atoms with Crippen molar-refractivity contribution in [1.29, 1.82) is 0 Å². The van der Waals surface area contributed by atoms with Crippen molar-refractivity contribution in [2.24, 2.45) is 0 Å². The Kier molecular flexibility index (Phi) is 7.10. The van der Waals surface area contributed by atoms with Gasteiger partial charge in [-0.2, -0.15) is 0 Å². The molecule has 128 valence electrons. The van der Waals surface area contributed by atoms with E-state index in [4.69, 9.17) is 0 Å². The van der Waals surface area contributed by atoms with Gasteiger partial charge in [-0.05, 0) is 77.2 Å². The number of carbonyl (C=O) groups excluding carboxylic acids is 1. The van der Waals surface area contributed by atoms with Gasteiger partial charge in [-0.25, -0.2) is 0 Å². The number of anilines is 1. The van der Waals surface area contributed by atoms with Crippen molar-refractivity contribution >= 4 is 11.6 Å². The number of likely N-dealkylation sites (tertiary alicyclic amines) is 1. The molecular formula is C20H32N2O. The number of carbonyl (C=O) groups is 1. The quantitative estimate of drug-likeness (QED) is 0.778. The molecule has 0 bridgehead atoms. The Morgan fingerprint density at radius 2 is 1.61 bits per heavy atom. The standard InChI is InChI=1S/C20H32N2O/c1-16-14-17(2)20(18(3)15-16)21-19(23)10-6-9-13-22-11-7-4-5-8-12-22/h14-15H,4-13H2,1-3H3,(H,21,23). The maximum atomic E-state index is 12.2. The van der Waals surface area contributed by atoms with Crippen molar-refractivity contribution in [2.45, 2.75) is 65.7 Å². The Morgan fingerprint density at radius 1 is 1.00 bits per heavy atom. The highest BCUT2D eigenvalue weighted by atomic mass is 16.1. The van der Waals surface area contributed by atoms with E-state index in [1.807, 2.05) is 0 Å². The SMILES string of the molecule is Cc1cc(C)c(NC(=O)CCCCN2CCCCCC2)c(C)c1. The number of nitrogens with zero attached hydrogens (tertiary/aromatic N) is 1. The predicted octanol–water partition coefficient (Wildman–Crippen LogP) is 4.60. The lowest BCUT2D eigenvalue weighted by Gasteiger charge is -2.19. The van der Waals surface area contributed by atoms with Gasteiger partial charge >= 0.3 is 0 Å². The highest BCUT2D eigenvalue weighted by Crippen LogP contribution is 2.22. The van der Waals surface area contributed by atoms with E-state index in [0.717, 1.165) is 36.2 Å². The molecule has 1 aliphatic heterocycles. The summed E-state index contributed by atoms with van der Waals surface area (Å²) in [4.78, 5) is 14.8. The van der Waals surface area contributed by atoms with Crippen LogP contribution in [-0.2, 0) is 4.79 Å². The number of benzene rings is 1. The number of amides is 1. The van der Waals surface area contributed by atoms with E-state index in [9.17, 15) is 4.79 Å². The summed E-state index contributed by atoms with van der Waals surface area (Å²) in [7, 11) is 0. The van der Waals surface area contributed by atoms with E-state index in [-0.39, 0.29) is 5.91 Å². The van der Waals surface area contributed by atoms with Crippen molar-refractivity contribution in [3.63, 3.8) is 0 Å². The molecule has 2 rings (SSSR count). The molecule has 1 fully saturated rings. The zero-order chi connectivity index (χ0) is 16.7. The highest BCUT2D eigenvalue weighted by Gasteiger charge is 2.10. The molecule has 3 heteroatoms. The lowest BCUT2D eigenvalue weighted by atomic mass is 10.0. The fourth-order valence-corrected chi connectivity index (χ4v) is 3.56. The third-order valence-electron chi connectivity index (χ3n) is 4.77. The van der Waals surface area contributed by atoms with Crippen LogP contribution in [0.25, 0.3) is 0 Å². The first kappa shape index (κ1) is 18.0. The number of hydrogen-bond donors (Lipinski definition) is 1. The average molecular weight is 316 g/mol. The molecule has 1 amide bonds. The summed E-state index contributed by atoms with van der Waals surface area (Å²) in [5.41, 5.74) is 4.55. The summed E-state index contributed by atoms with van der Waals surface area (Å²) in [6.45, 7) is 9.86. The number of nitrogens with one attached hydrogen (secondary N) is 1. The van der Waals surface area contributed by atoms with Crippen LogP contribution in [0.5, 0.6) is 0 Å². The molecule has 0 radical (unpaired) electrons. The van der Waals surface area contributed by atoms with E-state index < -0.39 is 0 Å². The molecule has 1 aromatic rings. The smallest absolute Gasteiger partial charge is 0.224 e. The second-order valence-corrected chi connectivity index (χ2v) is 7.03. The van der Waals surface area contributed by atoms with Gasteiger partial charge in [0.25, 0.3) is 0 Å². The lowest BCUT2D eigenvalue weighted by molar-refractivity contribution is -0.116. The molecule has 0 aliphatic carbocycles. The first-order chi connectivity index (χ1) is 11.1. The Morgan fingerprint density at radius 3 is 2.22 bits per heavy atom. The van der Waals surface area contributed by atoms with Crippen LogP contribution in [-0.4, -0.2) is 30.4 Å². The first-order valence-electron chi connectivity index (χ1n) is 9.16. The van der Waals surface area contributed by atoms with E-state index in [2.05, 4.69) is 43.1 Å². The van der Waals surface area contributed by atoms with Crippen molar-refractivity contribution in [1.82, 2.24) is 4.90 Å². The molecule has 0 aromatic heterocycles. The van der Waals surface area contributed by atoms with Gasteiger partial charge in [0, 0.05) is 12.1 Å². The fourth-order valence-electron chi connectivity index (χ4n) is 3.56. The Labute approximate surface area is 141 Å². The van der Waals surface area contributed by atoms with Crippen LogP contribution in [0.15, 0.2) is 12.1 Å². The zero-order valence-corrected chi connectivity index (χ0v) is 15.1. The molecule has 0 saturated carbocycles. The highest BCUT2D eigenvalue weighted by molar-refractivity contribution is 5.92. The maximum absolute atomic E-state index is 12.2. The van der Waals surface area contributed by atoms with Gasteiger partial charge in [-0.1, -0.05) is 30.5 Å². The number of rotatable bonds is 6. The normalized spacial score (nSPS) is 16.1. The fraction of sp³-hybridized carbons (Fsp3) is 0.650. The minimum absolute atomic E-state index is 0.149. The van der Waals surface area contributed by atoms with Crippen LogP contribution in [0.3, 0.4) is 0 Å². The van der Waals surface area contributed by atoms with E-state index in [0.29, 0.717) is 6.42 Å². The van der Waals surface area contributed by atoms with E-state index in [1.165, 1.54) is 44.3 Å². The summed E-state index contributed by atoms with van der Waals surface area (Å²) >= 11 is 0. The van der Waals surface area contributed by atoms with Gasteiger partial charge in [0.2, 0.25) is 5.91 Å². The molecule has 1 N–H and O–H groups in total. The molecule has 1 saturated heterocycles. The summed E-state index contributed by atoms with van der Waals surface area (Å²) in [5, 5.41) is 3.10. The monoisotopic (exact) mass is 316 g/mol. The Balaban J connectivity index is 1.71. The van der Waals surface area contributed by atoms with Gasteiger partial charge < -0.3 is 10.2 Å². The molecule has 0 spiro atoms. The molecule has 1 aliphatic rings. The summed E-state index contributed by atoms with van der Waals surface area (Å²) in [6.07, 6.45) is 8.17. The third-order valence-corrected chi connectivity index (χ3v) is 4.77. The van der Waals surface area contributed by atoms with Crippen LogP contribution in [0.2, 0.25) is 0 Å². The zero-order valence-electron chi connectivity index (χ0n) is 15.1. The molecule has 0 unspecified atom stereocenters. The number of aryl methyl sites for hydroxylation is 3. The second-order valence-electron chi connectivity index (χ2n) is 7.03. The molecule has 23 heavy (non-hydrogen) atoms. The van der Waals surface area contributed by atoms with Crippen molar-refractivity contribution in [3.8, 4) is 0 Å². The number of unbranched alkanes of at least 4 members (excludes halogenated alkanes) is 1. The number of hydrogen-bond acceptors (Lipinski definition) is 2. The lowest BCUT2D eigenvalue weighted by Crippen LogP contribution is -2.26. The van der Waals surface area contributed by atoms with Crippen molar-refractivity contribution in [2.75, 3.05) is 25.0 Å². The molecule has 1 heterocycles. The van der Waals surface area contributed by atoms with Gasteiger partial charge in [-0.15, -0.1) is 0 Å². The Hall–Kier alpha value is -1.35. The maximum Gasteiger partial charge on any atom is 0.224 e. The van der Waals surface area contributed by atoms with Gasteiger partial charge in [0.15, 0.2) is 0 Å². The van der Waals surface area contributed by atoms with Crippen LogP contribution in [0.4, 0.5) is 5.69 Å². The predicted molar refractivity (Wildman–Crippen MR) is 98.0 cm³/mol. The van der Waals surface area contributed by atoms with E-state index >= 15 is 0 Å². The van der Waals surface area contributed by atoms with Gasteiger partial charge in [0.05, 0.1) is 0 Å². The van der Waals surface area contributed by atoms with Crippen LogP contribution in [0.1, 0.15) is 61.6 Å². The summed E-state index contributed by atoms with van der Waals surface area (Å²) < 4.78 is 0. The topological polar surface area (TPSA) is 32.3 Å².